The first kappa shape index (κ1) is 21.9. The maximum Gasteiger partial charge on any atom is 0.424 e. The number of aromatic nitrogens is 1. The highest BCUT2D eigenvalue weighted by molar-refractivity contribution is 6.35. The molecule has 8 nitrogen and oxygen atoms in total. The molecule has 0 aliphatic heterocycles. The fourth-order valence-corrected chi connectivity index (χ4v) is 3.15. The second kappa shape index (κ2) is 10.2. The highest BCUT2D eigenvalue weighted by Crippen LogP contribution is 2.27. The molecule has 1 atom stereocenters. The lowest BCUT2D eigenvalue weighted by Gasteiger charge is -2.30. The third kappa shape index (κ3) is 5.31. The van der Waals surface area contributed by atoms with Gasteiger partial charge in [0.1, 0.15) is 0 Å². The first-order valence-electron chi connectivity index (χ1n) is 8.61. The van der Waals surface area contributed by atoms with E-state index >= 15 is 0 Å². The quantitative estimate of drug-likeness (QED) is 0.475. The molecule has 1 aromatic heterocycles. The van der Waals surface area contributed by atoms with Gasteiger partial charge in [-0.3, -0.25) is 15.1 Å². The lowest BCUT2D eigenvalue weighted by molar-refractivity contribution is -0.385. The van der Waals surface area contributed by atoms with Crippen LogP contribution in [0, 0.1) is 10.1 Å². The fourth-order valence-electron chi connectivity index (χ4n) is 2.62. The van der Waals surface area contributed by atoms with Crippen LogP contribution in [0.2, 0.25) is 10.0 Å². The van der Waals surface area contributed by atoms with E-state index in [0.29, 0.717) is 27.7 Å². The first-order chi connectivity index (χ1) is 13.4. The number of hydrogen-bond acceptors (Lipinski definition) is 6. The van der Waals surface area contributed by atoms with Crippen molar-refractivity contribution in [3.05, 3.63) is 67.9 Å². The molecule has 2 aromatic rings. The number of halogens is 2. The third-order valence-electron chi connectivity index (χ3n) is 3.97. The van der Waals surface area contributed by atoms with E-state index in [4.69, 9.17) is 27.9 Å². The van der Waals surface area contributed by atoms with E-state index in [1.165, 1.54) is 23.3 Å². The summed E-state index contributed by atoms with van der Waals surface area (Å²) in [5.74, 6) is 0. The molecular weight excluding hydrogens is 407 g/mol. The van der Waals surface area contributed by atoms with Gasteiger partial charge in [-0.25, -0.2) is 15.2 Å². The van der Waals surface area contributed by atoms with Gasteiger partial charge in [0.25, 0.3) is 5.69 Å². The molecule has 1 aromatic carbocycles. The number of ether oxygens (including phenoxy) is 1. The predicted octanol–water partition coefficient (Wildman–Crippen LogP) is 4.91. The Morgan fingerprint density at radius 3 is 2.57 bits per heavy atom. The summed E-state index contributed by atoms with van der Waals surface area (Å²) < 4.78 is 5.13. The molecule has 0 aliphatic carbocycles. The van der Waals surface area contributed by atoms with Crippen LogP contribution in [0.15, 0.2) is 36.5 Å². The van der Waals surface area contributed by atoms with Gasteiger partial charge >= 0.3 is 6.09 Å². The lowest BCUT2D eigenvalue weighted by Crippen LogP contribution is -2.45. The number of hydrogen-bond donors (Lipinski definition) is 1. The summed E-state index contributed by atoms with van der Waals surface area (Å²) in [7, 11) is 0. The monoisotopic (exact) mass is 426 g/mol. The van der Waals surface area contributed by atoms with E-state index in [9.17, 15) is 14.9 Å². The zero-order valence-electron chi connectivity index (χ0n) is 15.4. The molecule has 1 unspecified atom stereocenters. The van der Waals surface area contributed by atoms with Crippen molar-refractivity contribution in [3.63, 3.8) is 0 Å². The summed E-state index contributed by atoms with van der Waals surface area (Å²) in [6, 6.07) is 7.14. The lowest BCUT2D eigenvalue weighted by atomic mass is 10.1. The highest BCUT2D eigenvalue weighted by Gasteiger charge is 2.28. The number of nitro groups is 1. The second-order valence-corrected chi connectivity index (χ2v) is 6.54. The Balaban J connectivity index is 2.33. The average Bonchev–Trinajstić information content (AvgIpc) is 2.67. The topological polar surface area (TPSA) is 97.6 Å². The smallest absolute Gasteiger partial charge is 0.424 e. The number of nitrogens with one attached hydrogen (secondary N) is 1. The number of rotatable bonds is 8. The molecule has 0 radical (unpaired) electrons. The number of carbonyl (C=O) groups is 1. The van der Waals surface area contributed by atoms with E-state index in [-0.39, 0.29) is 18.8 Å². The number of nitrogens with zero attached hydrogens (tertiary/aromatic N) is 3. The molecule has 0 saturated carbocycles. The van der Waals surface area contributed by atoms with Crippen LogP contribution >= 0.6 is 23.2 Å². The average molecular weight is 427 g/mol. The van der Waals surface area contributed by atoms with Gasteiger partial charge in [0, 0.05) is 40.5 Å². The van der Waals surface area contributed by atoms with Gasteiger partial charge in [0.2, 0.25) is 0 Å². The van der Waals surface area contributed by atoms with Crippen molar-refractivity contribution in [3.8, 4) is 0 Å². The van der Waals surface area contributed by atoms with Crippen LogP contribution in [-0.2, 0) is 11.3 Å². The van der Waals surface area contributed by atoms with Crippen molar-refractivity contribution in [1.82, 2.24) is 15.4 Å². The predicted molar refractivity (Wildman–Crippen MR) is 106 cm³/mol. The number of pyridine rings is 1. The highest BCUT2D eigenvalue weighted by atomic mass is 35.5. The Morgan fingerprint density at radius 1 is 1.32 bits per heavy atom. The SMILES string of the molecule is CCOC(=O)N(NCc1c(Cl)cccc1Cl)C(CC)c1cc([N+](=O)[O-])ccn1. The van der Waals surface area contributed by atoms with Crippen LogP contribution in [0.5, 0.6) is 0 Å². The zero-order valence-corrected chi connectivity index (χ0v) is 16.9. The number of hydrazine groups is 1. The van der Waals surface area contributed by atoms with E-state index < -0.39 is 17.1 Å². The van der Waals surface area contributed by atoms with Gasteiger partial charge in [0.05, 0.1) is 23.3 Å². The molecule has 28 heavy (non-hydrogen) atoms. The largest absolute Gasteiger partial charge is 0.449 e. The minimum absolute atomic E-state index is 0.110. The molecule has 0 saturated heterocycles. The first-order valence-corrected chi connectivity index (χ1v) is 9.37. The molecule has 150 valence electrons. The number of benzene rings is 1. The molecule has 0 fully saturated rings. The maximum atomic E-state index is 12.5. The molecule has 0 spiro atoms. The van der Waals surface area contributed by atoms with Crippen LogP contribution in [0.1, 0.15) is 37.6 Å². The summed E-state index contributed by atoms with van der Waals surface area (Å²) in [6.07, 6.45) is 1.14. The summed E-state index contributed by atoms with van der Waals surface area (Å²) in [6.45, 7) is 3.85. The van der Waals surface area contributed by atoms with Crippen LogP contribution in [0.25, 0.3) is 0 Å². The Hall–Kier alpha value is -2.42. The van der Waals surface area contributed by atoms with E-state index in [1.54, 1.807) is 25.1 Å². The molecule has 1 N–H and O–H groups in total. The molecule has 0 aliphatic rings. The number of amides is 1. The van der Waals surface area contributed by atoms with Crippen LogP contribution < -0.4 is 5.43 Å². The normalized spacial score (nSPS) is 11.7. The van der Waals surface area contributed by atoms with Crippen molar-refractivity contribution in [1.29, 1.82) is 0 Å². The molecule has 1 amide bonds. The standard InChI is InChI=1S/C18H20Cl2N4O4/c1-3-17(16-10-12(24(26)27)8-9-21-16)23(18(25)28-4-2)22-11-13-14(19)6-5-7-15(13)20/h5-10,17,22H,3-4,11H2,1-2H3. The van der Waals surface area contributed by atoms with Gasteiger partial charge in [-0.15, -0.1) is 0 Å². The molecule has 1 heterocycles. The maximum absolute atomic E-state index is 12.5. The van der Waals surface area contributed by atoms with Crippen LogP contribution in [-0.4, -0.2) is 27.6 Å². The molecule has 2 rings (SSSR count). The number of carbonyl (C=O) groups excluding carboxylic acids is 1. The fraction of sp³-hybridized carbons (Fsp3) is 0.333. The Labute approximate surface area is 172 Å². The van der Waals surface area contributed by atoms with Crippen LogP contribution in [0.4, 0.5) is 10.5 Å². The molecular formula is C18H20Cl2N4O4. The van der Waals surface area contributed by atoms with Gasteiger partial charge in [-0.1, -0.05) is 36.2 Å². The van der Waals surface area contributed by atoms with E-state index in [1.807, 2.05) is 6.92 Å². The molecule has 0 bridgehead atoms. The van der Waals surface area contributed by atoms with Crippen molar-refractivity contribution in [2.75, 3.05) is 6.61 Å². The van der Waals surface area contributed by atoms with Gasteiger partial charge in [0.15, 0.2) is 0 Å². The Kier molecular flexibility index (Phi) is 7.98. The summed E-state index contributed by atoms with van der Waals surface area (Å²) in [4.78, 5) is 27.3. The minimum atomic E-state index is -0.633. The molecule has 10 heteroatoms. The Bertz CT molecular complexity index is 830. The van der Waals surface area contributed by atoms with Crippen molar-refractivity contribution < 1.29 is 14.5 Å². The second-order valence-electron chi connectivity index (χ2n) is 5.72. The third-order valence-corrected chi connectivity index (χ3v) is 4.68. The van der Waals surface area contributed by atoms with Crippen LogP contribution in [0.3, 0.4) is 0 Å². The zero-order chi connectivity index (χ0) is 20.7. The Morgan fingerprint density at radius 2 is 2.00 bits per heavy atom. The van der Waals surface area contributed by atoms with Crippen molar-refractivity contribution in [2.45, 2.75) is 32.9 Å². The van der Waals surface area contributed by atoms with Crippen molar-refractivity contribution in [2.24, 2.45) is 0 Å². The van der Waals surface area contributed by atoms with Crippen molar-refractivity contribution >= 4 is 35.0 Å². The van der Waals surface area contributed by atoms with E-state index in [2.05, 4.69) is 10.4 Å². The van der Waals surface area contributed by atoms with E-state index in [0.717, 1.165) is 0 Å². The minimum Gasteiger partial charge on any atom is -0.449 e. The van der Waals surface area contributed by atoms with Gasteiger partial charge in [-0.2, -0.15) is 0 Å². The summed E-state index contributed by atoms with van der Waals surface area (Å²) in [5.41, 5.74) is 3.85. The van der Waals surface area contributed by atoms with Gasteiger partial charge in [-0.05, 0) is 25.5 Å². The van der Waals surface area contributed by atoms with Gasteiger partial charge < -0.3 is 4.74 Å². The summed E-state index contributed by atoms with van der Waals surface area (Å²) in [5, 5.41) is 13.2. The summed E-state index contributed by atoms with van der Waals surface area (Å²) >= 11 is 12.4.